The van der Waals surface area contributed by atoms with Crippen LogP contribution in [0.15, 0.2) is 84.9 Å². The molecule has 0 aliphatic rings. The molecule has 4 aromatic rings. The molecule has 0 N–H and O–H groups in total. The Morgan fingerprint density at radius 3 is 1.69 bits per heavy atom. The van der Waals surface area contributed by atoms with Gasteiger partial charge in [0.05, 0.1) is 21.9 Å². The van der Waals surface area contributed by atoms with Gasteiger partial charge in [-0.1, -0.05) is 102 Å². The Morgan fingerprint density at radius 2 is 1.17 bits per heavy atom. The quantitative estimate of drug-likeness (QED) is 0.439. The number of aromatic nitrogens is 2. The van der Waals surface area contributed by atoms with Crippen LogP contribution in [0.5, 0.6) is 0 Å². The first-order chi connectivity index (χ1) is 14.0. The molecule has 0 aliphatic carbocycles. The highest BCUT2D eigenvalue weighted by Crippen LogP contribution is 2.34. The summed E-state index contributed by atoms with van der Waals surface area (Å²) in [6.07, 6.45) is 1.11. The SMILES string of the molecule is CC(C)(C)CPc1nc2ccccc2nc1P(c1ccccc1)c1ccccc1. The summed E-state index contributed by atoms with van der Waals surface area (Å²) in [6.45, 7) is 6.89. The van der Waals surface area contributed by atoms with Gasteiger partial charge in [0, 0.05) is 7.92 Å². The average molecular weight is 416 g/mol. The highest BCUT2D eigenvalue weighted by atomic mass is 31.1. The van der Waals surface area contributed by atoms with Crippen molar-refractivity contribution in [3.63, 3.8) is 0 Å². The predicted molar refractivity (Wildman–Crippen MR) is 131 cm³/mol. The molecule has 3 aromatic carbocycles. The van der Waals surface area contributed by atoms with E-state index >= 15 is 0 Å². The van der Waals surface area contributed by atoms with Gasteiger partial charge in [0.2, 0.25) is 0 Å². The fourth-order valence-electron chi connectivity index (χ4n) is 3.16. The van der Waals surface area contributed by atoms with Crippen molar-refractivity contribution < 1.29 is 0 Å². The lowest BCUT2D eigenvalue weighted by Crippen LogP contribution is -2.34. The second-order valence-electron chi connectivity index (χ2n) is 8.31. The number of rotatable bonds is 5. The van der Waals surface area contributed by atoms with Gasteiger partial charge in [-0.2, -0.15) is 0 Å². The molecule has 2 nitrogen and oxygen atoms in total. The van der Waals surface area contributed by atoms with E-state index in [2.05, 4.69) is 93.6 Å². The van der Waals surface area contributed by atoms with Crippen LogP contribution >= 0.6 is 16.5 Å². The van der Waals surface area contributed by atoms with E-state index < -0.39 is 7.92 Å². The van der Waals surface area contributed by atoms with Crippen LogP contribution in [0.4, 0.5) is 0 Å². The van der Waals surface area contributed by atoms with Gasteiger partial charge < -0.3 is 0 Å². The summed E-state index contributed by atoms with van der Waals surface area (Å²) in [6, 6.07) is 29.8. The molecule has 0 fully saturated rings. The highest BCUT2D eigenvalue weighted by molar-refractivity contribution is 7.80. The molecule has 1 heterocycles. The van der Waals surface area contributed by atoms with Crippen LogP contribution in [0.1, 0.15) is 20.8 Å². The molecule has 0 bridgehead atoms. The molecule has 0 saturated heterocycles. The van der Waals surface area contributed by atoms with Gasteiger partial charge in [-0.25, -0.2) is 9.97 Å². The Labute approximate surface area is 176 Å². The fourth-order valence-corrected chi connectivity index (χ4v) is 7.04. The third-order valence-corrected chi connectivity index (χ3v) is 9.07. The maximum Gasteiger partial charge on any atom is 0.0984 e. The van der Waals surface area contributed by atoms with Crippen molar-refractivity contribution in [3.05, 3.63) is 84.9 Å². The smallest absolute Gasteiger partial charge is 0.0984 e. The van der Waals surface area contributed by atoms with Gasteiger partial charge in [0.15, 0.2) is 0 Å². The number of fused-ring (bicyclic) bond motifs is 1. The second-order valence-corrected chi connectivity index (χ2v) is 11.6. The molecule has 0 radical (unpaired) electrons. The Hall–Kier alpha value is -2.14. The van der Waals surface area contributed by atoms with Crippen molar-refractivity contribution in [1.82, 2.24) is 9.97 Å². The molecule has 0 amide bonds. The van der Waals surface area contributed by atoms with Crippen molar-refractivity contribution in [1.29, 1.82) is 0 Å². The van der Waals surface area contributed by atoms with E-state index in [0.717, 1.165) is 28.1 Å². The molecule has 0 saturated carbocycles. The van der Waals surface area contributed by atoms with Crippen molar-refractivity contribution in [3.8, 4) is 0 Å². The lowest BCUT2D eigenvalue weighted by molar-refractivity contribution is 0.479. The van der Waals surface area contributed by atoms with Crippen molar-refractivity contribution in [2.45, 2.75) is 20.8 Å². The summed E-state index contributed by atoms with van der Waals surface area (Å²) in [7, 11) is -0.111. The van der Waals surface area contributed by atoms with Gasteiger partial charge in [0.25, 0.3) is 0 Å². The van der Waals surface area contributed by atoms with Crippen LogP contribution in [-0.4, -0.2) is 16.1 Å². The topological polar surface area (TPSA) is 25.8 Å². The normalized spacial score (nSPS) is 12.3. The molecule has 146 valence electrons. The van der Waals surface area contributed by atoms with E-state index in [1.165, 1.54) is 10.6 Å². The first-order valence-corrected chi connectivity index (χ1v) is 12.5. The highest BCUT2D eigenvalue weighted by Gasteiger charge is 2.24. The van der Waals surface area contributed by atoms with Gasteiger partial charge in [-0.05, 0) is 34.3 Å². The van der Waals surface area contributed by atoms with E-state index in [1.54, 1.807) is 0 Å². The Balaban J connectivity index is 1.91. The van der Waals surface area contributed by atoms with E-state index in [-0.39, 0.29) is 5.41 Å². The summed E-state index contributed by atoms with van der Waals surface area (Å²) in [5.74, 6) is 0. The van der Waals surface area contributed by atoms with Crippen LogP contribution in [0.2, 0.25) is 0 Å². The number of para-hydroxylation sites is 2. The number of hydrogen-bond donors (Lipinski definition) is 0. The fraction of sp³-hybridized carbons (Fsp3) is 0.200. The largest absolute Gasteiger partial charge is 0.244 e. The molecule has 4 rings (SSSR count). The van der Waals surface area contributed by atoms with Crippen LogP contribution in [0, 0.1) is 5.41 Å². The zero-order valence-corrected chi connectivity index (χ0v) is 19.0. The molecule has 1 unspecified atom stereocenters. The van der Waals surface area contributed by atoms with Crippen LogP contribution in [0.3, 0.4) is 0 Å². The first-order valence-electron chi connectivity index (χ1n) is 9.92. The lowest BCUT2D eigenvalue weighted by Gasteiger charge is -2.23. The third-order valence-electron chi connectivity index (χ3n) is 4.58. The van der Waals surface area contributed by atoms with E-state index in [4.69, 9.17) is 9.97 Å². The Kier molecular flexibility index (Phi) is 6.04. The maximum atomic E-state index is 5.20. The summed E-state index contributed by atoms with van der Waals surface area (Å²) in [4.78, 5) is 10.3. The average Bonchev–Trinajstić information content (AvgIpc) is 2.73. The van der Waals surface area contributed by atoms with Crippen LogP contribution in [0.25, 0.3) is 11.0 Å². The standard InChI is InChI=1S/C25H26N2P2/c1-25(2,3)18-28-23-24(27-22-17-11-10-16-21(22)26-23)29(19-12-6-4-7-13-19)20-14-8-5-9-15-20/h4-17,28H,18H2,1-3H3. The molecule has 0 aliphatic heterocycles. The first kappa shape index (κ1) is 20.1. The molecular weight excluding hydrogens is 390 g/mol. The van der Waals surface area contributed by atoms with E-state index in [9.17, 15) is 0 Å². The molecule has 1 atom stereocenters. The zero-order valence-electron chi connectivity index (χ0n) is 17.1. The summed E-state index contributed by atoms with van der Waals surface area (Å²) >= 11 is 0. The minimum Gasteiger partial charge on any atom is -0.244 e. The van der Waals surface area contributed by atoms with Gasteiger partial charge >= 0.3 is 0 Å². The van der Waals surface area contributed by atoms with Crippen molar-refractivity contribution in [2.75, 3.05) is 6.16 Å². The van der Waals surface area contributed by atoms with Crippen LogP contribution in [-0.2, 0) is 0 Å². The Morgan fingerprint density at radius 1 is 0.690 bits per heavy atom. The predicted octanol–water partition coefficient (Wildman–Crippen LogP) is 4.74. The molecular formula is C25H26N2P2. The van der Waals surface area contributed by atoms with Gasteiger partial charge in [-0.3, -0.25) is 0 Å². The number of benzene rings is 3. The number of hydrogen-bond acceptors (Lipinski definition) is 2. The molecule has 1 aromatic heterocycles. The number of nitrogens with zero attached hydrogens (tertiary/aromatic N) is 2. The monoisotopic (exact) mass is 416 g/mol. The molecule has 4 heteroatoms. The third kappa shape index (κ3) is 4.89. The minimum absolute atomic E-state index is 0.269. The Bertz CT molecular complexity index is 1050. The van der Waals surface area contributed by atoms with Crippen molar-refractivity contribution in [2.24, 2.45) is 5.41 Å². The second kappa shape index (κ2) is 8.70. The summed E-state index contributed by atoms with van der Waals surface area (Å²) in [5, 5.41) is 2.64. The molecule has 29 heavy (non-hydrogen) atoms. The molecule has 0 spiro atoms. The van der Waals surface area contributed by atoms with E-state index in [1.807, 2.05) is 12.1 Å². The van der Waals surface area contributed by atoms with Gasteiger partial charge in [0.1, 0.15) is 0 Å². The van der Waals surface area contributed by atoms with Gasteiger partial charge in [-0.15, -0.1) is 0 Å². The summed E-state index contributed by atoms with van der Waals surface area (Å²) in [5.41, 5.74) is 4.55. The van der Waals surface area contributed by atoms with Crippen LogP contribution < -0.4 is 21.5 Å². The lowest BCUT2D eigenvalue weighted by atomic mass is 10.0. The zero-order chi connectivity index (χ0) is 20.3. The summed E-state index contributed by atoms with van der Waals surface area (Å²) < 4.78 is 0. The minimum atomic E-state index is -0.754. The maximum absolute atomic E-state index is 5.20. The van der Waals surface area contributed by atoms with Crippen molar-refractivity contribution >= 4 is 49.0 Å². The van der Waals surface area contributed by atoms with E-state index in [0.29, 0.717) is 8.58 Å².